The van der Waals surface area contributed by atoms with E-state index in [1.165, 1.54) is 212 Å². The van der Waals surface area contributed by atoms with Crippen molar-refractivity contribution in [3.05, 3.63) is 36.5 Å². The van der Waals surface area contributed by atoms with Crippen LogP contribution in [0, 0.1) is 0 Å². The molecule has 0 radical (unpaired) electrons. The second-order valence-electron chi connectivity index (χ2n) is 20.8. The van der Waals surface area contributed by atoms with Gasteiger partial charge in [-0.25, -0.2) is 0 Å². The van der Waals surface area contributed by atoms with Gasteiger partial charge in [-0.05, 0) is 51.4 Å². The molecule has 0 aliphatic carbocycles. The van der Waals surface area contributed by atoms with Crippen molar-refractivity contribution < 1.29 is 24.5 Å². The molecule has 0 aromatic rings. The molecule has 0 aliphatic rings. The first kappa shape index (κ1) is 66.1. The first-order valence-corrected chi connectivity index (χ1v) is 30.2. The number of rotatable bonds is 55. The maximum absolute atomic E-state index is 13.3. The molecule has 3 N–H and O–H groups in total. The van der Waals surface area contributed by atoms with E-state index in [1.54, 1.807) is 0 Å². The van der Waals surface area contributed by atoms with Crippen molar-refractivity contribution in [1.29, 1.82) is 0 Å². The number of aliphatic hydroxyl groups is 2. The Morgan fingerprint density at radius 1 is 0.426 bits per heavy atom. The lowest BCUT2D eigenvalue weighted by atomic mass is 10.0. The van der Waals surface area contributed by atoms with Gasteiger partial charge in [0.25, 0.3) is 0 Å². The largest absolute Gasteiger partial charge is 0.462 e. The lowest BCUT2D eigenvalue weighted by Gasteiger charge is -2.24. The Kier molecular flexibility index (Phi) is 54.4. The van der Waals surface area contributed by atoms with Gasteiger partial charge in [-0.2, -0.15) is 0 Å². The normalized spacial score (nSPS) is 13.3. The van der Waals surface area contributed by atoms with E-state index in [-0.39, 0.29) is 24.9 Å². The number of hydrogen-bond donors (Lipinski definition) is 3. The molecule has 0 aromatic heterocycles. The summed E-state index contributed by atoms with van der Waals surface area (Å²) in [4.78, 5) is 26.3. The summed E-state index contributed by atoms with van der Waals surface area (Å²) in [5.74, 6) is -0.478. The summed E-state index contributed by atoms with van der Waals surface area (Å²) >= 11 is 0. The van der Waals surface area contributed by atoms with Gasteiger partial charge >= 0.3 is 5.97 Å². The smallest absolute Gasteiger partial charge is 0.306 e. The molecule has 0 aromatic carbocycles. The van der Waals surface area contributed by atoms with Gasteiger partial charge in [-0.1, -0.05) is 295 Å². The second kappa shape index (κ2) is 56.0. The molecule has 400 valence electrons. The molecular formula is C62H117NO5. The fourth-order valence-electron chi connectivity index (χ4n) is 9.44. The SMILES string of the molecule is CCCCCCC/C=C/C=C/C=C/CCCCCCCC(=O)OC(CCCCCCCCCCCCCCCCC)CC(=O)NC(CO)C(O)CCCCCCCCCCCCCCCCCC. The number of esters is 1. The van der Waals surface area contributed by atoms with E-state index >= 15 is 0 Å². The molecule has 1 amide bonds. The van der Waals surface area contributed by atoms with Crippen molar-refractivity contribution in [3.63, 3.8) is 0 Å². The summed E-state index contributed by atoms with van der Waals surface area (Å²) in [6, 6.07) is -0.704. The number of carbonyl (C=O) groups excluding carboxylic acids is 2. The van der Waals surface area contributed by atoms with Crippen LogP contribution in [0.3, 0.4) is 0 Å². The monoisotopic (exact) mass is 956 g/mol. The van der Waals surface area contributed by atoms with E-state index in [1.807, 2.05) is 0 Å². The maximum atomic E-state index is 13.3. The standard InChI is InChI=1S/C62H117NO5/c1-4-7-10-13-16-19-22-25-28-30-31-34-37-40-43-46-49-52-55-62(67)68-58(53-50-47-44-41-38-35-32-27-24-21-18-15-12-9-6-3)56-61(66)63-59(57-64)60(65)54-51-48-45-42-39-36-33-29-26-23-20-17-14-11-8-5-2/h22,25,28,30-31,34,58-60,64-65H,4-21,23-24,26-27,29,32-33,35-57H2,1-3H3,(H,63,66)/b25-22+,30-28+,34-31+. The van der Waals surface area contributed by atoms with Crippen LogP contribution in [0.2, 0.25) is 0 Å². The third-order valence-corrected chi connectivity index (χ3v) is 14.0. The molecule has 3 unspecified atom stereocenters. The van der Waals surface area contributed by atoms with E-state index in [0.29, 0.717) is 19.3 Å². The molecule has 0 heterocycles. The summed E-state index contributed by atoms with van der Waals surface area (Å²) in [6.45, 7) is 6.51. The second-order valence-corrected chi connectivity index (χ2v) is 20.8. The minimum absolute atomic E-state index is 0.0741. The molecule has 6 heteroatoms. The van der Waals surface area contributed by atoms with Crippen molar-refractivity contribution in [1.82, 2.24) is 5.32 Å². The van der Waals surface area contributed by atoms with Gasteiger partial charge in [-0.15, -0.1) is 0 Å². The van der Waals surface area contributed by atoms with Crippen LogP contribution in [0.5, 0.6) is 0 Å². The Labute approximate surface area is 424 Å². The summed E-state index contributed by atoms with van der Waals surface area (Å²) in [7, 11) is 0. The Hall–Kier alpha value is -1.92. The van der Waals surface area contributed by atoms with Crippen LogP contribution in [0.4, 0.5) is 0 Å². The van der Waals surface area contributed by atoms with Crippen LogP contribution < -0.4 is 5.32 Å². The fourth-order valence-corrected chi connectivity index (χ4v) is 9.44. The van der Waals surface area contributed by atoms with Crippen LogP contribution in [0.1, 0.15) is 323 Å². The van der Waals surface area contributed by atoms with Gasteiger partial charge < -0.3 is 20.3 Å². The number of unbranched alkanes of at least 4 members (excludes halogenated alkanes) is 39. The Morgan fingerprint density at radius 3 is 1.12 bits per heavy atom. The number of carbonyl (C=O) groups is 2. The topological polar surface area (TPSA) is 95.9 Å². The Bertz CT molecular complexity index is 1120. The van der Waals surface area contributed by atoms with Crippen molar-refractivity contribution in [2.24, 2.45) is 0 Å². The number of amides is 1. The molecule has 3 atom stereocenters. The number of aliphatic hydroxyl groups excluding tert-OH is 2. The highest BCUT2D eigenvalue weighted by Gasteiger charge is 2.24. The fraction of sp³-hybridized carbons (Fsp3) is 0.871. The molecule has 6 nitrogen and oxygen atoms in total. The molecule has 0 spiro atoms. The van der Waals surface area contributed by atoms with Crippen LogP contribution in [0.25, 0.3) is 0 Å². The zero-order chi connectivity index (χ0) is 49.5. The van der Waals surface area contributed by atoms with Gasteiger partial charge in [0.05, 0.1) is 25.2 Å². The Morgan fingerprint density at radius 2 is 0.750 bits per heavy atom. The number of nitrogens with one attached hydrogen (secondary N) is 1. The Balaban J connectivity index is 4.55. The highest BCUT2D eigenvalue weighted by Crippen LogP contribution is 2.19. The third-order valence-electron chi connectivity index (χ3n) is 14.0. The van der Waals surface area contributed by atoms with Gasteiger partial charge in [0, 0.05) is 6.42 Å². The summed E-state index contributed by atoms with van der Waals surface area (Å²) < 4.78 is 5.97. The number of ether oxygens (including phenoxy) is 1. The molecule has 0 bridgehead atoms. The minimum Gasteiger partial charge on any atom is -0.462 e. The predicted molar refractivity (Wildman–Crippen MR) is 296 cm³/mol. The van der Waals surface area contributed by atoms with E-state index < -0.39 is 18.2 Å². The van der Waals surface area contributed by atoms with Crippen LogP contribution >= 0.6 is 0 Å². The van der Waals surface area contributed by atoms with E-state index in [0.717, 1.165) is 64.2 Å². The average molecular weight is 957 g/mol. The third kappa shape index (κ3) is 50.5. The first-order valence-electron chi connectivity index (χ1n) is 30.2. The van der Waals surface area contributed by atoms with E-state index in [9.17, 15) is 19.8 Å². The van der Waals surface area contributed by atoms with Gasteiger partial charge in [0.15, 0.2) is 0 Å². The number of allylic oxidation sites excluding steroid dienone is 6. The highest BCUT2D eigenvalue weighted by molar-refractivity contribution is 5.77. The van der Waals surface area contributed by atoms with Gasteiger partial charge in [-0.3, -0.25) is 9.59 Å². The van der Waals surface area contributed by atoms with Crippen molar-refractivity contribution in [2.75, 3.05) is 6.61 Å². The van der Waals surface area contributed by atoms with E-state index in [4.69, 9.17) is 4.74 Å². The zero-order valence-corrected chi connectivity index (χ0v) is 45.8. The molecule has 0 rings (SSSR count). The molecule has 0 saturated heterocycles. The zero-order valence-electron chi connectivity index (χ0n) is 45.8. The van der Waals surface area contributed by atoms with E-state index in [2.05, 4.69) is 62.5 Å². The quantitative estimate of drug-likeness (QED) is 0.0321. The van der Waals surface area contributed by atoms with Crippen molar-refractivity contribution in [2.45, 2.75) is 341 Å². The minimum atomic E-state index is -0.790. The van der Waals surface area contributed by atoms with Crippen molar-refractivity contribution >= 4 is 11.9 Å². The van der Waals surface area contributed by atoms with Gasteiger partial charge in [0.1, 0.15) is 6.10 Å². The molecular weight excluding hydrogens is 839 g/mol. The van der Waals surface area contributed by atoms with Crippen LogP contribution in [0.15, 0.2) is 36.5 Å². The van der Waals surface area contributed by atoms with Crippen molar-refractivity contribution in [3.8, 4) is 0 Å². The lowest BCUT2D eigenvalue weighted by Crippen LogP contribution is -2.46. The summed E-state index contributed by atoms with van der Waals surface area (Å²) in [5.41, 5.74) is 0. The molecule has 0 fully saturated rings. The average Bonchev–Trinajstić information content (AvgIpc) is 3.33. The molecule has 0 aliphatic heterocycles. The van der Waals surface area contributed by atoms with Gasteiger partial charge in [0.2, 0.25) is 5.91 Å². The summed E-state index contributed by atoms with van der Waals surface area (Å²) in [6.07, 6.45) is 67.8. The maximum Gasteiger partial charge on any atom is 0.306 e. The summed E-state index contributed by atoms with van der Waals surface area (Å²) in [5, 5.41) is 23.9. The predicted octanol–water partition coefficient (Wildman–Crippen LogP) is 18.8. The number of hydrogen-bond acceptors (Lipinski definition) is 5. The highest BCUT2D eigenvalue weighted by atomic mass is 16.5. The first-order chi connectivity index (χ1) is 33.5. The molecule has 0 saturated carbocycles. The lowest BCUT2D eigenvalue weighted by molar-refractivity contribution is -0.151. The molecule has 68 heavy (non-hydrogen) atoms. The van der Waals surface area contributed by atoms with Crippen LogP contribution in [-0.4, -0.2) is 46.9 Å². The van der Waals surface area contributed by atoms with Crippen LogP contribution in [-0.2, 0) is 14.3 Å².